The molecule has 1 aromatic heterocycles. The van der Waals surface area contributed by atoms with Gasteiger partial charge in [-0.1, -0.05) is 0 Å². The van der Waals surface area contributed by atoms with Crippen molar-refractivity contribution < 1.29 is 9.13 Å². The summed E-state index contributed by atoms with van der Waals surface area (Å²) in [5, 5.41) is 12.0. The Morgan fingerprint density at radius 1 is 1.43 bits per heavy atom. The first kappa shape index (κ1) is 15.0. The first-order chi connectivity index (χ1) is 9.99. The van der Waals surface area contributed by atoms with Gasteiger partial charge >= 0.3 is 0 Å². The summed E-state index contributed by atoms with van der Waals surface area (Å²) in [6, 6.07) is 6.00. The van der Waals surface area contributed by atoms with Crippen molar-refractivity contribution in [3.8, 4) is 11.8 Å². The van der Waals surface area contributed by atoms with E-state index in [2.05, 4.69) is 15.3 Å². The largest absolute Gasteiger partial charge is 0.489 e. The molecule has 0 bridgehead atoms. The minimum Gasteiger partial charge on any atom is -0.489 e. The average Bonchev–Trinajstić information content (AvgIpc) is 2.41. The van der Waals surface area contributed by atoms with Crippen LogP contribution in [0.2, 0.25) is 5.28 Å². The van der Waals surface area contributed by atoms with Gasteiger partial charge in [0.2, 0.25) is 5.28 Å². The Balaban J connectivity index is 2.40. The number of ether oxygens (including phenoxy) is 1. The van der Waals surface area contributed by atoms with Crippen LogP contribution in [0.15, 0.2) is 24.4 Å². The molecule has 0 saturated heterocycles. The van der Waals surface area contributed by atoms with Crippen molar-refractivity contribution in [2.24, 2.45) is 0 Å². The summed E-state index contributed by atoms with van der Waals surface area (Å²) in [5.74, 6) is 0.138. The molecule has 2 aromatic rings. The number of hydrogen-bond donors (Lipinski definition) is 1. The van der Waals surface area contributed by atoms with Crippen LogP contribution in [0.1, 0.15) is 19.4 Å². The molecule has 0 unspecified atom stereocenters. The maximum Gasteiger partial charge on any atom is 0.224 e. The standard InChI is InChI=1S/C14H12ClFN4O/c1-8(2)21-12-5-10(16)3-4-11(12)19-13-9(6-17)7-18-14(15)20-13/h3-5,7-8H,1-2H3,(H,18,19,20). The van der Waals surface area contributed by atoms with Crippen LogP contribution >= 0.6 is 11.6 Å². The van der Waals surface area contributed by atoms with Crippen LogP contribution in [0.25, 0.3) is 0 Å². The lowest BCUT2D eigenvalue weighted by Gasteiger charge is -2.15. The molecule has 0 aliphatic carbocycles. The molecule has 0 aliphatic rings. The molecule has 0 spiro atoms. The molecule has 0 amide bonds. The second kappa shape index (κ2) is 6.37. The maximum absolute atomic E-state index is 13.3. The maximum atomic E-state index is 13.3. The van der Waals surface area contributed by atoms with Gasteiger partial charge in [0.25, 0.3) is 0 Å². The zero-order valence-electron chi connectivity index (χ0n) is 11.4. The Morgan fingerprint density at radius 2 is 2.19 bits per heavy atom. The van der Waals surface area contributed by atoms with Crippen molar-refractivity contribution in [1.29, 1.82) is 5.26 Å². The van der Waals surface area contributed by atoms with E-state index in [0.717, 1.165) is 0 Å². The number of benzene rings is 1. The Morgan fingerprint density at radius 3 is 2.86 bits per heavy atom. The molecule has 0 fully saturated rings. The third-order valence-electron chi connectivity index (χ3n) is 2.44. The first-order valence-electron chi connectivity index (χ1n) is 6.15. The van der Waals surface area contributed by atoms with Gasteiger partial charge in [0.15, 0.2) is 5.82 Å². The van der Waals surface area contributed by atoms with Crippen LogP contribution < -0.4 is 10.1 Å². The van der Waals surface area contributed by atoms with Gasteiger partial charge in [-0.2, -0.15) is 10.2 Å². The van der Waals surface area contributed by atoms with Gasteiger partial charge in [-0.25, -0.2) is 9.37 Å². The second-order valence-corrected chi connectivity index (χ2v) is 4.78. The Kier molecular flexibility index (Phi) is 4.55. The van der Waals surface area contributed by atoms with Crippen LogP contribution in [0.3, 0.4) is 0 Å². The summed E-state index contributed by atoms with van der Waals surface area (Å²) in [4.78, 5) is 7.69. The smallest absolute Gasteiger partial charge is 0.224 e. The number of anilines is 2. The molecule has 2 rings (SSSR count). The molecular weight excluding hydrogens is 295 g/mol. The van der Waals surface area contributed by atoms with Crippen molar-refractivity contribution in [1.82, 2.24) is 9.97 Å². The molecular formula is C14H12ClFN4O. The van der Waals surface area contributed by atoms with Crippen LogP contribution in [0.4, 0.5) is 15.9 Å². The number of halogens is 2. The third-order valence-corrected chi connectivity index (χ3v) is 2.62. The van der Waals surface area contributed by atoms with Gasteiger partial charge < -0.3 is 10.1 Å². The van der Waals surface area contributed by atoms with Crippen molar-refractivity contribution >= 4 is 23.1 Å². The molecule has 1 aromatic carbocycles. The van der Waals surface area contributed by atoms with Crippen LogP contribution in [-0.4, -0.2) is 16.1 Å². The van der Waals surface area contributed by atoms with Crippen molar-refractivity contribution in [3.63, 3.8) is 0 Å². The first-order valence-corrected chi connectivity index (χ1v) is 6.53. The summed E-state index contributed by atoms with van der Waals surface area (Å²) < 4.78 is 18.9. The van der Waals surface area contributed by atoms with Gasteiger partial charge in [0.1, 0.15) is 23.2 Å². The summed E-state index contributed by atoms with van der Waals surface area (Å²) in [6.07, 6.45) is 1.18. The van der Waals surface area contributed by atoms with E-state index in [1.807, 2.05) is 19.9 Å². The van der Waals surface area contributed by atoms with Crippen LogP contribution in [0, 0.1) is 17.1 Å². The van der Waals surface area contributed by atoms with Crippen LogP contribution in [0.5, 0.6) is 5.75 Å². The molecule has 108 valence electrons. The fourth-order valence-electron chi connectivity index (χ4n) is 1.62. The van der Waals surface area contributed by atoms with Gasteiger partial charge in [0, 0.05) is 6.07 Å². The Hall–Kier alpha value is -2.39. The highest BCUT2D eigenvalue weighted by atomic mass is 35.5. The molecule has 21 heavy (non-hydrogen) atoms. The molecule has 1 N–H and O–H groups in total. The normalized spacial score (nSPS) is 10.3. The molecule has 0 radical (unpaired) electrons. The van der Waals surface area contributed by atoms with Gasteiger partial charge in [0.05, 0.1) is 18.0 Å². The summed E-state index contributed by atoms with van der Waals surface area (Å²) in [7, 11) is 0. The lowest BCUT2D eigenvalue weighted by Crippen LogP contribution is -2.08. The quantitative estimate of drug-likeness (QED) is 0.873. The van der Waals surface area contributed by atoms with Gasteiger partial charge in [-0.3, -0.25) is 0 Å². The zero-order chi connectivity index (χ0) is 15.4. The lowest BCUT2D eigenvalue weighted by molar-refractivity contribution is 0.243. The summed E-state index contributed by atoms with van der Waals surface area (Å²) in [5.41, 5.74) is 0.704. The third kappa shape index (κ3) is 3.80. The van der Waals surface area contributed by atoms with Crippen molar-refractivity contribution in [2.45, 2.75) is 20.0 Å². The van der Waals surface area contributed by atoms with Gasteiger partial charge in [-0.05, 0) is 37.6 Å². The number of nitrogens with zero attached hydrogens (tertiary/aromatic N) is 3. The van der Waals surface area contributed by atoms with E-state index in [9.17, 15) is 4.39 Å². The lowest BCUT2D eigenvalue weighted by atomic mass is 10.2. The SMILES string of the molecule is CC(C)Oc1cc(F)ccc1Nc1nc(Cl)ncc1C#N. The fourth-order valence-corrected chi connectivity index (χ4v) is 1.75. The van der Waals surface area contributed by atoms with E-state index in [1.54, 1.807) is 0 Å². The molecule has 1 heterocycles. The summed E-state index contributed by atoms with van der Waals surface area (Å²) in [6.45, 7) is 3.66. The molecule has 7 heteroatoms. The van der Waals surface area contributed by atoms with Gasteiger partial charge in [-0.15, -0.1) is 0 Å². The predicted molar refractivity (Wildman–Crippen MR) is 77.2 cm³/mol. The highest BCUT2D eigenvalue weighted by Crippen LogP contribution is 2.30. The van der Waals surface area contributed by atoms with E-state index < -0.39 is 5.82 Å². The van der Waals surface area contributed by atoms with E-state index in [4.69, 9.17) is 21.6 Å². The van der Waals surface area contributed by atoms with E-state index >= 15 is 0 Å². The fraction of sp³-hybridized carbons (Fsp3) is 0.214. The summed E-state index contributed by atoms with van der Waals surface area (Å²) >= 11 is 5.73. The monoisotopic (exact) mass is 306 g/mol. The minimum absolute atomic E-state index is 0.00457. The number of nitriles is 1. The van der Waals surface area contributed by atoms with E-state index in [0.29, 0.717) is 11.4 Å². The molecule has 0 saturated carbocycles. The number of aromatic nitrogens is 2. The number of hydrogen-bond acceptors (Lipinski definition) is 5. The molecule has 0 atom stereocenters. The predicted octanol–water partition coefficient (Wildman–Crippen LogP) is 3.67. The average molecular weight is 307 g/mol. The highest BCUT2D eigenvalue weighted by Gasteiger charge is 2.12. The number of nitrogens with one attached hydrogen (secondary N) is 1. The Bertz CT molecular complexity index is 700. The van der Waals surface area contributed by atoms with E-state index in [-0.39, 0.29) is 22.8 Å². The topological polar surface area (TPSA) is 70.8 Å². The minimum atomic E-state index is -0.419. The molecule has 0 aliphatic heterocycles. The molecule has 5 nitrogen and oxygen atoms in total. The van der Waals surface area contributed by atoms with E-state index in [1.165, 1.54) is 24.4 Å². The number of rotatable bonds is 4. The van der Waals surface area contributed by atoms with Crippen molar-refractivity contribution in [3.05, 3.63) is 41.1 Å². The highest BCUT2D eigenvalue weighted by molar-refractivity contribution is 6.28. The van der Waals surface area contributed by atoms with Crippen molar-refractivity contribution in [2.75, 3.05) is 5.32 Å². The zero-order valence-corrected chi connectivity index (χ0v) is 12.1. The van der Waals surface area contributed by atoms with Crippen LogP contribution in [-0.2, 0) is 0 Å². The Labute approximate surface area is 126 Å². The second-order valence-electron chi connectivity index (χ2n) is 4.45.